The molecule has 0 aliphatic carbocycles. The lowest BCUT2D eigenvalue weighted by atomic mass is 10.2. The molecule has 2 rings (SSSR count). The van der Waals surface area contributed by atoms with Crippen LogP contribution in [0.1, 0.15) is 13.8 Å². The Hall–Kier alpha value is 0.670. The smallest absolute Gasteiger partial charge is 0.0829 e. The molecule has 2 fully saturated rings. The number of morpholine rings is 1. The molecule has 2 saturated heterocycles. The molecule has 5 nitrogen and oxygen atoms in total. The van der Waals surface area contributed by atoms with E-state index in [2.05, 4.69) is 28.5 Å². The molecule has 22 heavy (non-hydrogen) atoms. The van der Waals surface area contributed by atoms with E-state index in [0.717, 1.165) is 65.5 Å². The van der Waals surface area contributed by atoms with Crippen molar-refractivity contribution >= 4 is 37.2 Å². The minimum Gasteiger partial charge on any atom is -0.374 e. The monoisotopic (exact) mass is 378 g/mol. The lowest BCUT2D eigenvalue weighted by Gasteiger charge is -2.40. The number of hydrogen-bond donors (Lipinski definition) is 1. The highest BCUT2D eigenvalue weighted by Gasteiger charge is 2.25. The van der Waals surface area contributed by atoms with Crippen LogP contribution >= 0.6 is 37.2 Å². The normalized spacial score (nSPS) is 24.3. The van der Waals surface area contributed by atoms with Gasteiger partial charge in [-0.1, -0.05) is 0 Å². The minimum absolute atomic E-state index is 0. The van der Waals surface area contributed by atoms with Gasteiger partial charge in [-0.25, -0.2) is 0 Å². The average molecular weight is 380 g/mol. The third kappa shape index (κ3) is 7.97. The van der Waals surface area contributed by atoms with E-state index >= 15 is 0 Å². The highest BCUT2D eigenvalue weighted by molar-refractivity contribution is 5.86. The van der Waals surface area contributed by atoms with E-state index in [1.54, 1.807) is 0 Å². The molecular formula is C14H33Cl3N4O. The number of piperazine rings is 1. The molecule has 0 amide bonds. The van der Waals surface area contributed by atoms with E-state index in [-0.39, 0.29) is 37.2 Å². The molecule has 0 saturated carbocycles. The van der Waals surface area contributed by atoms with Gasteiger partial charge in [-0.3, -0.25) is 14.7 Å². The molecule has 0 bridgehead atoms. The Bertz CT molecular complexity index is 266. The maximum Gasteiger partial charge on any atom is 0.0829 e. The topological polar surface area (TPSA) is 45.0 Å². The van der Waals surface area contributed by atoms with Gasteiger partial charge in [-0.05, 0) is 13.8 Å². The van der Waals surface area contributed by atoms with E-state index in [0.29, 0.717) is 12.1 Å². The number of ether oxygens (including phenoxy) is 1. The van der Waals surface area contributed by atoms with Gasteiger partial charge in [0.15, 0.2) is 0 Å². The Balaban J connectivity index is 0. The molecule has 2 heterocycles. The van der Waals surface area contributed by atoms with Crippen LogP contribution in [0.15, 0.2) is 0 Å². The van der Waals surface area contributed by atoms with Crippen molar-refractivity contribution in [1.29, 1.82) is 0 Å². The van der Waals surface area contributed by atoms with Gasteiger partial charge in [0.2, 0.25) is 0 Å². The van der Waals surface area contributed by atoms with Crippen LogP contribution in [-0.4, -0.2) is 92.4 Å². The average Bonchev–Trinajstić information content (AvgIpc) is 2.42. The summed E-state index contributed by atoms with van der Waals surface area (Å²) in [7, 11) is 0. The Kier molecular flexibility index (Phi) is 14.7. The van der Waals surface area contributed by atoms with E-state index in [9.17, 15) is 0 Å². The van der Waals surface area contributed by atoms with Crippen LogP contribution in [0.2, 0.25) is 0 Å². The maximum atomic E-state index is 5.92. The summed E-state index contributed by atoms with van der Waals surface area (Å²) in [6.07, 6.45) is 0.386. The summed E-state index contributed by atoms with van der Waals surface area (Å²) in [5.41, 5.74) is 5.61. The molecule has 2 aliphatic rings. The Morgan fingerprint density at radius 1 is 1.00 bits per heavy atom. The molecule has 0 aromatic rings. The zero-order chi connectivity index (χ0) is 13.7. The van der Waals surface area contributed by atoms with Crippen LogP contribution in [0.3, 0.4) is 0 Å². The molecule has 136 valence electrons. The van der Waals surface area contributed by atoms with Crippen molar-refractivity contribution in [3.05, 3.63) is 0 Å². The van der Waals surface area contributed by atoms with Crippen LogP contribution in [0.25, 0.3) is 0 Å². The summed E-state index contributed by atoms with van der Waals surface area (Å²) in [4.78, 5) is 7.53. The predicted octanol–water partition coefficient (Wildman–Crippen LogP) is 0.937. The Labute approximate surface area is 154 Å². The first-order valence-electron chi connectivity index (χ1n) is 7.69. The minimum atomic E-state index is 0. The third-order valence-corrected chi connectivity index (χ3v) is 4.27. The molecule has 0 radical (unpaired) electrons. The Morgan fingerprint density at radius 3 is 2.14 bits per heavy atom. The zero-order valence-electron chi connectivity index (χ0n) is 13.8. The SMILES string of the molecule is CC(C)N1CCOC(CN2CCN(CCN)CC2)C1.Cl.Cl.Cl. The first kappa shape index (κ1) is 24.9. The van der Waals surface area contributed by atoms with Gasteiger partial charge in [0.25, 0.3) is 0 Å². The molecule has 2 N–H and O–H groups in total. The van der Waals surface area contributed by atoms with Crippen molar-refractivity contribution in [3.8, 4) is 0 Å². The highest BCUT2D eigenvalue weighted by atomic mass is 35.5. The molecule has 8 heteroatoms. The lowest BCUT2D eigenvalue weighted by molar-refractivity contribution is -0.0562. The second kappa shape index (κ2) is 13.0. The van der Waals surface area contributed by atoms with Crippen LogP contribution in [0.5, 0.6) is 0 Å². The van der Waals surface area contributed by atoms with Crippen LogP contribution in [-0.2, 0) is 4.74 Å². The first-order valence-corrected chi connectivity index (χ1v) is 7.69. The zero-order valence-corrected chi connectivity index (χ0v) is 16.2. The number of nitrogens with zero attached hydrogens (tertiary/aromatic N) is 3. The summed E-state index contributed by atoms with van der Waals surface area (Å²) < 4.78 is 5.92. The molecule has 1 unspecified atom stereocenters. The van der Waals surface area contributed by atoms with Crippen LogP contribution in [0.4, 0.5) is 0 Å². The van der Waals surface area contributed by atoms with Crippen molar-refractivity contribution in [1.82, 2.24) is 14.7 Å². The number of hydrogen-bond acceptors (Lipinski definition) is 5. The lowest BCUT2D eigenvalue weighted by Crippen LogP contribution is -2.53. The highest BCUT2D eigenvalue weighted by Crippen LogP contribution is 2.11. The first-order chi connectivity index (χ1) is 9.19. The fourth-order valence-corrected chi connectivity index (χ4v) is 2.99. The van der Waals surface area contributed by atoms with Crippen LogP contribution < -0.4 is 5.73 Å². The second-order valence-corrected chi connectivity index (χ2v) is 6.01. The maximum absolute atomic E-state index is 5.92. The van der Waals surface area contributed by atoms with Gasteiger partial charge in [-0.2, -0.15) is 0 Å². The van der Waals surface area contributed by atoms with Crippen LogP contribution in [0, 0.1) is 0 Å². The molecule has 0 spiro atoms. The largest absolute Gasteiger partial charge is 0.374 e. The summed E-state index contributed by atoms with van der Waals surface area (Å²) >= 11 is 0. The van der Waals surface area contributed by atoms with Crippen molar-refractivity contribution in [3.63, 3.8) is 0 Å². The molecule has 1 atom stereocenters. The summed E-state index contributed by atoms with van der Waals surface area (Å²) in [5, 5.41) is 0. The van der Waals surface area contributed by atoms with Crippen molar-refractivity contribution in [2.45, 2.75) is 26.0 Å². The van der Waals surface area contributed by atoms with E-state index < -0.39 is 0 Å². The third-order valence-electron chi connectivity index (χ3n) is 4.27. The number of halogens is 3. The van der Waals surface area contributed by atoms with Gasteiger partial charge in [0.05, 0.1) is 12.7 Å². The summed E-state index contributed by atoms with van der Waals surface area (Å²) in [5.74, 6) is 0. The fraction of sp³-hybridized carbons (Fsp3) is 1.00. The standard InChI is InChI=1S/C14H30N4O.3ClH/c1-13(2)18-9-10-19-14(12-18)11-17-7-5-16(4-3-15)6-8-17;;;/h13-14H,3-12,15H2,1-2H3;3*1H. The van der Waals surface area contributed by atoms with Gasteiger partial charge < -0.3 is 10.5 Å². The fourth-order valence-electron chi connectivity index (χ4n) is 2.99. The van der Waals surface area contributed by atoms with E-state index in [1.165, 1.54) is 0 Å². The number of nitrogens with two attached hydrogens (primary N) is 1. The van der Waals surface area contributed by atoms with Crippen molar-refractivity contribution in [2.75, 3.05) is 65.5 Å². The quantitative estimate of drug-likeness (QED) is 0.770. The second-order valence-electron chi connectivity index (χ2n) is 6.01. The summed E-state index contributed by atoms with van der Waals surface area (Å²) in [6.45, 7) is 15.1. The van der Waals surface area contributed by atoms with E-state index in [4.69, 9.17) is 10.5 Å². The summed E-state index contributed by atoms with van der Waals surface area (Å²) in [6, 6.07) is 0.632. The van der Waals surface area contributed by atoms with Gasteiger partial charge >= 0.3 is 0 Å². The molecule has 0 aromatic heterocycles. The molecular weight excluding hydrogens is 347 g/mol. The Morgan fingerprint density at radius 2 is 1.59 bits per heavy atom. The molecule has 0 aromatic carbocycles. The van der Waals surface area contributed by atoms with Crippen molar-refractivity contribution in [2.24, 2.45) is 5.73 Å². The van der Waals surface area contributed by atoms with E-state index in [1.807, 2.05) is 0 Å². The number of rotatable bonds is 5. The van der Waals surface area contributed by atoms with Gasteiger partial charge in [0.1, 0.15) is 0 Å². The predicted molar refractivity (Wildman–Crippen MR) is 100 cm³/mol. The van der Waals surface area contributed by atoms with Gasteiger partial charge in [0, 0.05) is 64.9 Å². The van der Waals surface area contributed by atoms with Crippen molar-refractivity contribution < 1.29 is 4.74 Å². The molecule has 2 aliphatic heterocycles. The van der Waals surface area contributed by atoms with Gasteiger partial charge in [-0.15, -0.1) is 37.2 Å².